The Hall–Kier alpha value is -2.72. The average Bonchev–Trinajstić information content (AvgIpc) is 2.94. The molecule has 22 heavy (non-hydrogen) atoms. The van der Waals surface area contributed by atoms with Crippen LogP contribution in [0.5, 0.6) is 0 Å². The van der Waals surface area contributed by atoms with Crippen molar-refractivity contribution in [1.82, 2.24) is 4.98 Å². The van der Waals surface area contributed by atoms with Gasteiger partial charge in [-0.2, -0.15) is 0 Å². The smallest absolute Gasteiger partial charge is 0.257 e. The summed E-state index contributed by atoms with van der Waals surface area (Å²) in [6.07, 6.45) is 0. The maximum Gasteiger partial charge on any atom is 0.257 e. The van der Waals surface area contributed by atoms with Gasteiger partial charge in [-0.3, -0.25) is 10.1 Å². The van der Waals surface area contributed by atoms with Crippen molar-refractivity contribution in [1.29, 1.82) is 0 Å². The molecule has 0 aliphatic heterocycles. The third-order valence-electron chi connectivity index (χ3n) is 3.51. The Morgan fingerprint density at radius 2 is 1.59 bits per heavy atom. The molecule has 0 spiro atoms. The fourth-order valence-corrected chi connectivity index (χ4v) is 3.32. The van der Waals surface area contributed by atoms with Gasteiger partial charge in [0.2, 0.25) is 0 Å². The molecule has 0 saturated heterocycles. The fourth-order valence-electron chi connectivity index (χ4n) is 2.43. The largest absolute Gasteiger partial charge is 0.298 e. The summed E-state index contributed by atoms with van der Waals surface area (Å²) in [5.41, 5.74) is 1.54. The molecule has 0 atom stereocenters. The minimum atomic E-state index is -0.135. The zero-order valence-corrected chi connectivity index (χ0v) is 12.4. The average molecular weight is 304 g/mol. The number of rotatable bonds is 2. The van der Waals surface area contributed by atoms with E-state index in [9.17, 15) is 4.79 Å². The van der Waals surface area contributed by atoms with Crippen LogP contribution in [0.25, 0.3) is 21.0 Å². The van der Waals surface area contributed by atoms with Crippen LogP contribution in [0.2, 0.25) is 0 Å². The number of hydrogen-bond acceptors (Lipinski definition) is 3. The van der Waals surface area contributed by atoms with Gasteiger partial charge in [-0.15, -0.1) is 0 Å². The number of thiazole rings is 1. The maximum absolute atomic E-state index is 12.2. The fraction of sp³-hybridized carbons (Fsp3) is 0. The summed E-state index contributed by atoms with van der Waals surface area (Å²) >= 11 is 1.49. The number of amides is 1. The highest BCUT2D eigenvalue weighted by Gasteiger charge is 2.10. The van der Waals surface area contributed by atoms with E-state index in [-0.39, 0.29) is 5.91 Å². The minimum absolute atomic E-state index is 0.135. The van der Waals surface area contributed by atoms with E-state index in [1.165, 1.54) is 16.7 Å². The summed E-state index contributed by atoms with van der Waals surface area (Å²) in [5, 5.41) is 5.83. The van der Waals surface area contributed by atoms with Crippen LogP contribution in [0.15, 0.2) is 66.7 Å². The molecular weight excluding hydrogens is 292 g/mol. The van der Waals surface area contributed by atoms with Gasteiger partial charge in [0.1, 0.15) is 0 Å². The predicted octanol–water partition coefficient (Wildman–Crippen LogP) is 4.70. The molecule has 0 radical (unpaired) electrons. The van der Waals surface area contributed by atoms with E-state index >= 15 is 0 Å². The Morgan fingerprint density at radius 1 is 0.909 bits per heavy atom. The van der Waals surface area contributed by atoms with E-state index in [1.54, 1.807) is 12.1 Å². The Morgan fingerprint density at radius 3 is 2.36 bits per heavy atom. The molecule has 3 aromatic carbocycles. The zero-order chi connectivity index (χ0) is 14.9. The quantitative estimate of drug-likeness (QED) is 0.583. The van der Waals surface area contributed by atoms with Gasteiger partial charge in [-0.05, 0) is 35.0 Å². The molecular formula is C18H12N2OS. The molecule has 0 aliphatic carbocycles. The number of fused-ring (bicyclic) bond motifs is 2. The Bertz CT molecular complexity index is 924. The normalized spacial score (nSPS) is 10.9. The molecule has 4 rings (SSSR count). The van der Waals surface area contributed by atoms with E-state index in [0.29, 0.717) is 10.7 Å². The van der Waals surface area contributed by atoms with Crippen molar-refractivity contribution in [3.05, 3.63) is 72.3 Å². The van der Waals surface area contributed by atoms with Gasteiger partial charge < -0.3 is 0 Å². The molecule has 0 fully saturated rings. The second-order valence-electron chi connectivity index (χ2n) is 5.01. The molecule has 1 aromatic heterocycles. The SMILES string of the molecule is O=C(Nc1nc2cc3ccccc3cc2s1)c1ccccc1. The molecule has 0 aliphatic rings. The van der Waals surface area contributed by atoms with E-state index < -0.39 is 0 Å². The minimum Gasteiger partial charge on any atom is -0.298 e. The third-order valence-corrected chi connectivity index (χ3v) is 4.45. The predicted molar refractivity (Wildman–Crippen MR) is 91.5 cm³/mol. The first kappa shape index (κ1) is 13.0. The van der Waals surface area contributed by atoms with Crippen LogP contribution in [0.3, 0.4) is 0 Å². The van der Waals surface area contributed by atoms with Gasteiger partial charge in [0, 0.05) is 5.56 Å². The van der Waals surface area contributed by atoms with Gasteiger partial charge in [-0.25, -0.2) is 4.98 Å². The highest BCUT2D eigenvalue weighted by atomic mass is 32.1. The highest BCUT2D eigenvalue weighted by molar-refractivity contribution is 7.22. The zero-order valence-electron chi connectivity index (χ0n) is 11.6. The van der Waals surface area contributed by atoms with Crippen LogP contribution in [0.4, 0.5) is 5.13 Å². The van der Waals surface area contributed by atoms with Gasteiger partial charge in [0.25, 0.3) is 5.91 Å². The number of carbonyl (C=O) groups is 1. The molecule has 0 unspecified atom stereocenters. The number of anilines is 1. The molecule has 3 nitrogen and oxygen atoms in total. The number of hydrogen-bond donors (Lipinski definition) is 1. The number of benzene rings is 3. The second kappa shape index (κ2) is 5.24. The first-order chi connectivity index (χ1) is 10.8. The Kier molecular flexibility index (Phi) is 3.09. The Balaban J connectivity index is 1.70. The van der Waals surface area contributed by atoms with Crippen molar-refractivity contribution in [2.24, 2.45) is 0 Å². The summed E-state index contributed by atoms with van der Waals surface area (Å²) in [4.78, 5) is 16.7. The molecule has 1 heterocycles. The molecule has 4 heteroatoms. The number of aromatic nitrogens is 1. The number of carbonyl (C=O) groups excluding carboxylic acids is 1. The standard InChI is InChI=1S/C18H12N2OS/c21-17(12-6-2-1-3-7-12)20-18-19-15-10-13-8-4-5-9-14(13)11-16(15)22-18/h1-11H,(H,19,20,21). The van der Waals surface area contributed by atoms with Crippen molar-refractivity contribution in [3.8, 4) is 0 Å². The lowest BCUT2D eigenvalue weighted by molar-refractivity contribution is 0.102. The summed E-state index contributed by atoms with van der Waals surface area (Å²) < 4.78 is 1.07. The summed E-state index contributed by atoms with van der Waals surface area (Å²) in [6, 6.07) is 21.5. The van der Waals surface area contributed by atoms with Gasteiger partial charge >= 0.3 is 0 Å². The Labute approximate surface area is 131 Å². The maximum atomic E-state index is 12.2. The summed E-state index contributed by atoms with van der Waals surface area (Å²) in [5.74, 6) is -0.135. The second-order valence-corrected chi connectivity index (χ2v) is 6.04. The third kappa shape index (κ3) is 2.34. The van der Waals surface area contributed by atoms with Crippen LogP contribution in [-0.2, 0) is 0 Å². The lowest BCUT2D eigenvalue weighted by Gasteiger charge is -2.00. The van der Waals surface area contributed by atoms with Gasteiger partial charge in [-0.1, -0.05) is 53.8 Å². The molecule has 106 valence electrons. The number of nitrogens with one attached hydrogen (secondary N) is 1. The van der Waals surface area contributed by atoms with Crippen LogP contribution >= 0.6 is 11.3 Å². The molecule has 4 aromatic rings. The van der Waals surface area contributed by atoms with E-state index in [4.69, 9.17) is 0 Å². The molecule has 1 N–H and O–H groups in total. The van der Waals surface area contributed by atoms with Gasteiger partial charge in [0.15, 0.2) is 5.13 Å². The molecule has 0 bridgehead atoms. The molecule has 0 saturated carbocycles. The van der Waals surface area contributed by atoms with Crippen molar-refractivity contribution in [2.45, 2.75) is 0 Å². The molecule has 1 amide bonds. The monoisotopic (exact) mass is 304 g/mol. The number of nitrogens with zero attached hydrogens (tertiary/aromatic N) is 1. The lowest BCUT2D eigenvalue weighted by Crippen LogP contribution is -2.11. The topological polar surface area (TPSA) is 42.0 Å². The van der Waals surface area contributed by atoms with Crippen molar-refractivity contribution >= 4 is 43.4 Å². The first-order valence-corrected chi connectivity index (χ1v) is 7.77. The van der Waals surface area contributed by atoms with E-state index in [0.717, 1.165) is 15.6 Å². The van der Waals surface area contributed by atoms with E-state index in [2.05, 4.69) is 34.6 Å². The summed E-state index contributed by atoms with van der Waals surface area (Å²) in [7, 11) is 0. The summed E-state index contributed by atoms with van der Waals surface area (Å²) in [6.45, 7) is 0. The van der Waals surface area contributed by atoms with Crippen LogP contribution in [-0.4, -0.2) is 10.9 Å². The van der Waals surface area contributed by atoms with Crippen molar-refractivity contribution < 1.29 is 4.79 Å². The van der Waals surface area contributed by atoms with Crippen molar-refractivity contribution in [2.75, 3.05) is 5.32 Å². The van der Waals surface area contributed by atoms with Gasteiger partial charge in [0.05, 0.1) is 10.2 Å². The van der Waals surface area contributed by atoms with E-state index in [1.807, 2.05) is 30.3 Å². The van der Waals surface area contributed by atoms with Crippen LogP contribution in [0.1, 0.15) is 10.4 Å². The van der Waals surface area contributed by atoms with Crippen LogP contribution < -0.4 is 5.32 Å². The first-order valence-electron chi connectivity index (χ1n) is 6.95. The van der Waals surface area contributed by atoms with Crippen LogP contribution in [0, 0.1) is 0 Å². The van der Waals surface area contributed by atoms with Crippen molar-refractivity contribution in [3.63, 3.8) is 0 Å². The lowest BCUT2D eigenvalue weighted by atomic mass is 10.1. The highest BCUT2D eigenvalue weighted by Crippen LogP contribution is 2.30.